The predicted molar refractivity (Wildman–Crippen MR) is 62.3 cm³/mol. The molecule has 0 spiro atoms. The lowest BCUT2D eigenvalue weighted by Crippen LogP contribution is -2.31. The van der Waals surface area contributed by atoms with E-state index in [-0.39, 0.29) is 7.12 Å². The third-order valence-electron chi connectivity index (χ3n) is 2.51. The van der Waals surface area contributed by atoms with Crippen LogP contribution in [0.25, 0.3) is 0 Å². The Bertz CT molecular complexity index is 315. The molecule has 0 aliphatic carbocycles. The van der Waals surface area contributed by atoms with Gasteiger partial charge in [-0.05, 0) is 23.9 Å². The maximum Gasteiger partial charge on any atom is 0.494 e. The average molecular weight is 202 g/mol. The second-order valence-corrected chi connectivity index (χ2v) is 3.64. The molecule has 3 heteroatoms. The zero-order valence-electron chi connectivity index (χ0n) is 8.82. The second-order valence-electron chi connectivity index (χ2n) is 3.64. The van der Waals surface area contributed by atoms with Crippen molar-refractivity contribution in [2.45, 2.75) is 12.8 Å². The number of rotatable bonds is 4. The molecule has 2 rings (SSSR count). The SMILES string of the molecule is C=CCCc1ccc(B2OCCO2)cc1. The van der Waals surface area contributed by atoms with Gasteiger partial charge in [0.05, 0.1) is 13.2 Å². The number of hydrogen-bond acceptors (Lipinski definition) is 2. The molecular weight excluding hydrogens is 187 g/mol. The van der Waals surface area contributed by atoms with E-state index < -0.39 is 0 Å². The molecule has 0 N–H and O–H groups in total. The van der Waals surface area contributed by atoms with Gasteiger partial charge in [-0.1, -0.05) is 30.3 Å². The van der Waals surface area contributed by atoms with Crippen LogP contribution in [0.2, 0.25) is 0 Å². The summed E-state index contributed by atoms with van der Waals surface area (Å²) in [6.07, 6.45) is 4.02. The summed E-state index contributed by atoms with van der Waals surface area (Å²) < 4.78 is 10.8. The number of aryl methyl sites for hydroxylation is 1. The summed E-state index contributed by atoms with van der Waals surface area (Å²) in [6, 6.07) is 8.41. The van der Waals surface area contributed by atoms with Crippen LogP contribution < -0.4 is 5.46 Å². The molecule has 0 amide bonds. The van der Waals surface area contributed by atoms with Crippen molar-refractivity contribution in [3.05, 3.63) is 42.5 Å². The van der Waals surface area contributed by atoms with Crippen molar-refractivity contribution in [1.29, 1.82) is 0 Å². The standard InChI is InChI=1S/C12H15BO2/c1-2-3-4-11-5-7-12(8-6-11)13-14-9-10-15-13/h2,5-8H,1,3-4,9-10H2. The van der Waals surface area contributed by atoms with E-state index >= 15 is 0 Å². The highest BCUT2D eigenvalue weighted by Crippen LogP contribution is 2.05. The zero-order valence-corrected chi connectivity index (χ0v) is 8.82. The van der Waals surface area contributed by atoms with Gasteiger partial charge >= 0.3 is 7.12 Å². The van der Waals surface area contributed by atoms with Crippen LogP contribution in [-0.4, -0.2) is 20.3 Å². The van der Waals surface area contributed by atoms with E-state index in [1.165, 1.54) is 5.56 Å². The second kappa shape index (κ2) is 5.15. The first-order chi connectivity index (χ1) is 7.40. The Balaban J connectivity index is 1.99. The van der Waals surface area contributed by atoms with Gasteiger partial charge in [0.2, 0.25) is 0 Å². The smallest absolute Gasteiger partial charge is 0.405 e. The molecule has 2 nitrogen and oxygen atoms in total. The number of allylic oxidation sites excluding steroid dienone is 1. The van der Waals surface area contributed by atoms with Crippen LogP contribution in [0.5, 0.6) is 0 Å². The third kappa shape index (κ3) is 2.70. The Kier molecular flexibility index (Phi) is 3.59. The van der Waals surface area contributed by atoms with Crippen molar-refractivity contribution < 1.29 is 9.31 Å². The minimum atomic E-state index is -0.154. The Morgan fingerprint density at radius 2 is 1.87 bits per heavy atom. The molecule has 0 atom stereocenters. The van der Waals surface area contributed by atoms with Crippen LogP contribution in [0, 0.1) is 0 Å². The fourth-order valence-electron chi connectivity index (χ4n) is 1.66. The Hall–Kier alpha value is -1.06. The van der Waals surface area contributed by atoms with Crippen molar-refractivity contribution in [2.75, 3.05) is 13.2 Å². The molecule has 1 aliphatic rings. The van der Waals surface area contributed by atoms with Gasteiger partial charge in [-0.3, -0.25) is 0 Å². The van der Waals surface area contributed by atoms with Crippen molar-refractivity contribution in [1.82, 2.24) is 0 Å². The molecule has 78 valence electrons. The maximum atomic E-state index is 5.42. The lowest BCUT2D eigenvalue weighted by atomic mass is 9.79. The molecule has 0 aromatic heterocycles. The predicted octanol–water partition coefficient (Wildman–Crippen LogP) is 1.55. The molecule has 1 aliphatic heterocycles. The van der Waals surface area contributed by atoms with Crippen LogP contribution in [0.1, 0.15) is 12.0 Å². The van der Waals surface area contributed by atoms with Gasteiger partial charge in [-0.15, -0.1) is 6.58 Å². The largest absolute Gasteiger partial charge is 0.494 e. The molecule has 1 heterocycles. The van der Waals surface area contributed by atoms with Gasteiger partial charge < -0.3 is 9.31 Å². The first kappa shape index (κ1) is 10.5. The summed E-state index contributed by atoms with van der Waals surface area (Å²) in [5.41, 5.74) is 2.44. The minimum absolute atomic E-state index is 0.154. The summed E-state index contributed by atoms with van der Waals surface area (Å²) in [5, 5.41) is 0. The van der Waals surface area contributed by atoms with Crippen molar-refractivity contribution >= 4 is 12.6 Å². The van der Waals surface area contributed by atoms with E-state index in [9.17, 15) is 0 Å². The van der Waals surface area contributed by atoms with Gasteiger partial charge in [0.25, 0.3) is 0 Å². The first-order valence-electron chi connectivity index (χ1n) is 5.33. The summed E-state index contributed by atoms with van der Waals surface area (Å²) in [7, 11) is -0.154. The van der Waals surface area contributed by atoms with Crippen LogP contribution >= 0.6 is 0 Å². The number of hydrogen-bond donors (Lipinski definition) is 0. The molecule has 1 fully saturated rings. The van der Waals surface area contributed by atoms with Gasteiger partial charge in [0.1, 0.15) is 0 Å². The molecule has 0 saturated carbocycles. The minimum Gasteiger partial charge on any atom is -0.405 e. The highest BCUT2D eigenvalue weighted by Gasteiger charge is 2.25. The van der Waals surface area contributed by atoms with Crippen molar-refractivity contribution in [3.63, 3.8) is 0 Å². The monoisotopic (exact) mass is 202 g/mol. The molecule has 0 radical (unpaired) electrons. The quantitative estimate of drug-likeness (QED) is 0.544. The summed E-state index contributed by atoms with van der Waals surface area (Å²) in [6.45, 7) is 5.11. The maximum absolute atomic E-state index is 5.42. The highest BCUT2D eigenvalue weighted by atomic mass is 16.6. The van der Waals surface area contributed by atoms with E-state index in [0.717, 1.165) is 18.3 Å². The first-order valence-corrected chi connectivity index (χ1v) is 5.33. The summed E-state index contributed by atoms with van der Waals surface area (Å²) in [5.74, 6) is 0. The van der Waals surface area contributed by atoms with E-state index in [1.807, 2.05) is 6.08 Å². The van der Waals surface area contributed by atoms with E-state index in [2.05, 4.69) is 30.8 Å². The molecule has 0 unspecified atom stereocenters. The van der Waals surface area contributed by atoms with E-state index in [1.54, 1.807) is 0 Å². The topological polar surface area (TPSA) is 18.5 Å². The third-order valence-corrected chi connectivity index (χ3v) is 2.51. The average Bonchev–Trinajstić information content (AvgIpc) is 2.80. The van der Waals surface area contributed by atoms with Crippen LogP contribution in [-0.2, 0) is 15.7 Å². The van der Waals surface area contributed by atoms with E-state index in [0.29, 0.717) is 13.2 Å². The Morgan fingerprint density at radius 3 is 2.47 bits per heavy atom. The molecule has 1 aromatic carbocycles. The van der Waals surface area contributed by atoms with Gasteiger partial charge in [0, 0.05) is 0 Å². The Labute approximate surface area is 91.0 Å². The fraction of sp³-hybridized carbons (Fsp3) is 0.333. The molecule has 0 bridgehead atoms. The van der Waals surface area contributed by atoms with Gasteiger partial charge in [-0.2, -0.15) is 0 Å². The van der Waals surface area contributed by atoms with Gasteiger partial charge in [-0.25, -0.2) is 0 Å². The molecule has 1 aromatic rings. The van der Waals surface area contributed by atoms with Crippen LogP contribution in [0.15, 0.2) is 36.9 Å². The number of benzene rings is 1. The van der Waals surface area contributed by atoms with Crippen molar-refractivity contribution in [3.8, 4) is 0 Å². The molecule has 1 saturated heterocycles. The Morgan fingerprint density at radius 1 is 1.20 bits per heavy atom. The summed E-state index contributed by atoms with van der Waals surface area (Å²) in [4.78, 5) is 0. The zero-order chi connectivity index (χ0) is 10.5. The normalized spacial score (nSPS) is 15.6. The van der Waals surface area contributed by atoms with Gasteiger partial charge in [0.15, 0.2) is 0 Å². The lowest BCUT2D eigenvalue weighted by molar-refractivity contribution is 0.365. The summed E-state index contributed by atoms with van der Waals surface area (Å²) >= 11 is 0. The van der Waals surface area contributed by atoms with Crippen molar-refractivity contribution in [2.24, 2.45) is 0 Å². The highest BCUT2D eigenvalue weighted by molar-refractivity contribution is 6.61. The van der Waals surface area contributed by atoms with Crippen LogP contribution in [0.4, 0.5) is 0 Å². The van der Waals surface area contributed by atoms with E-state index in [4.69, 9.17) is 9.31 Å². The fourth-order valence-corrected chi connectivity index (χ4v) is 1.66. The van der Waals surface area contributed by atoms with Crippen LogP contribution in [0.3, 0.4) is 0 Å². The molecular formula is C12H15BO2. The lowest BCUT2D eigenvalue weighted by Gasteiger charge is -2.05. The molecule has 15 heavy (non-hydrogen) atoms.